The van der Waals surface area contributed by atoms with Crippen LogP contribution in [0.1, 0.15) is 38.2 Å². The Bertz CT molecular complexity index is 833. The van der Waals surface area contributed by atoms with Crippen molar-refractivity contribution in [2.24, 2.45) is 0 Å². The molecule has 3 aromatic carbocycles. The van der Waals surface area contributed by atoms with Gasteiger partial charge in [0, 0.05) is 5.56 Å². The third-order valence-corrected chi connectivity index (χ3v) is 4.73. The van der Waals surface area contributed by atoms with E-state index in [1.165, 1.54) is 49.4 Å². The monoisotopic (exact) mass is 350 g/mol. The molecule has 0 saturated heterocycles. The van der Waals surface area contributed by atoms with Crippen molar-refractivity contribution in [1.29, 1.82) is 0 Å². The van der Waals surface area contributed by atoms with Crippen LogP contribution in [0.2, 0.25) is 0 Å². The molecule has 0 fully saturated rings. The maximum Gasteiger partial charge on any atom is 0.131 e. The third kappa shape index (κ3) is 4.57. The van der Waals surface area contributed by atoms with Gasteiger partial charge in [0.05, 0.1) is 0 Å². The van der Waals surface area contributed by atoms with E-state index in [0.29, 0.717) is 5.56 Å². The number of rotatable bonds is 7. The lowest BCUT2D eigenvalue weighted by atomic mass is 9.98. The minimum atomic E-state index is -0.291. The first-order valence-corrected chi connectivity index (χ1v) is 9.32. The van der Waals surface area contributed by atoms with Crippen LogP contribution in [0, 0.1) is 11.6 Å². The first-order valence-electron chi connectivity index (χ1n) is 9.32. The molecule has 0 radical (unpaired) electrons. The zero-order valence-electron chi connectivity index (χ0n) is 15.1. The predicted molar refractivity (Wildman–Crippen MR) is 105 cm³/mol. The van der Waals surface area contributed by atoms with Gasteiger partial charge < -0.3 is 0 Å². The van der Waals surface area contributed by atoms with Gasteiger partial charge in [0.1, 0.15) is 11.6 Å². The fraction of sp³-hybridized carbons (Fsp3) is 0.250. The van der Waals surface area contributed by atoms with Crippen molar-refractivity contribution in [2.75, 3.05) is 0 Å². The van der Waals surface area contributed by atoms with Crippen molar-refractivity contribution >= 4 is 0 Å². The van der Waals surface area contributed by atoms with Gasteiger partial charge in [-0.2, -0.15) is 0 Å². The normalized spacial score (nSPS) is 10.9. The van der Waals surface area contributed by atoms with Crippen LogP contribution >= 0.6 is 0 Å². The quantitative estimate of drug-likeness (QED) is 0.389. The predicted octanol–water partition coefficient (Wildman–Crippen LogP) is 7.42. The van der Waals surface area contributed by atoms with Gasteiger partial charge in [-0.25, -0.2) is 8.78 Å². The topological polar surface area (TPSA) is 0 Å². The maximum absolute atomic E-state index is 14.6. The summed E-state index contributed by atoms with van der Waals surface area (Å²) in [7, 11) is 0. The first kappa shape index (κ1) is 18.3. The molecule has 0 aliphatic heterocycles. The Morgan fingerprint density at radius 2 is 1.31 bits per heavy atom. The second-order valence-corrected chi connectivity index (χ2v) is 6.71. The van der Waals surface area contributed by atoms with Gasteiger partial charge in [-0.3, -0.25) is 0 Å². The molecule has 0 amide bonds. The van der Waals surface area contributed by atoms with E-state index in [4.69, 9.17) is 0 Å². The molecule has 134 valence electrons. The fourth-order valence-electron chi connectivity index (χ4n) is 3.18. The number of hydrogen-bond donors (Lipinski definition) is 0. The summed E-state index contributed by atoms with van der Waals surface area (Å²) in [5.74, 6) is -0.553. The van der Waals surface area contributed by atoms with Gasteiger partial charge >= 0.3 is 0 Å². The summed E-state index contributed by atoms with van der Waals surface area (Å²) in [4.78, 5) is 0. The Morgan fingerprint density at radius 1 is 0.654 bits per heavy atom. The van der Waals surface area contributed by atoms with E-state index in [9.17, 15) is 8.78 Å². The SMILES string of the molecule is CCCCCCc1ccc(-c2ccc(-c3ccc(F)cc3)cc2F)cc1. The van der Waals surface area contributed by atoms with Crippen molar-refractivity contribution in [3.05, 3.63) is 83.9 Å². The smallest absolute Gasteiger partial charge is 0.131 e. The molecule has 0 unspecified atom stereocenters. The van der Waals surface area contributed by atoms with E-state index in [1.54, 1.807) is 18.2 Å². The minimum absolute atomic E-state index is 0.262. The van der Waals surface area contributed by atoms with Gasteiger partial charge in [0.25, 0.3) is 0 Å². The molecule has 3 aromatic rings. The molecular weight excluding hydrogens is 326 g/mol. The number of hydrogen-bond acceptors (Lipinski definition) is 0. The Labute approximate surface area is 154 Å². The highest BCUT2D eigenvalue weighted by molar-refractivity contribution is 5.71. The molecule has 0 spiro atoms. The van der Waals surface area contributed by atoms with Crippen LogP contribution in [0.4, 0.5) is 8.78 Å². The van der Waals surface area contributed by atoms with Crippen LogP contribution < -0.4 is 0 Å². The number of unbranched alkanes of at least 4 members (excludes halogenated alkanes) is 3. The van der Waals surface area contributed by atoms with Crippen molar-refractivity contribution < 1.29 is 8.78 Å². The molecule has 2 heteroatoms. The van der Waals surface area contributed by atoms with Crippen molar-refractivity contribution in [1.82, 2.24) is 0 Å². The van der Waals surface area contributed by atoms with Crippen molar-refractivity contribution in [2.45, 2.75) is 39.0 Å². The summed E-state index contributed by atoms with van der Waals surface area (Å²) in [6, 6.07) is 19.5. The molecule has 3 rings (SSSR count). The Morgan fingerprint density at radius 3 is 1.96 bits per heavy atom. The molecule has 0 N–H and O–H groups in total. The number of halogens is 2. The minimum Gasteiger partial charge on any atom is -0.207 e. The molecule has 0 bridgehead atoms. The van der Waals surface area contributed by atoms with Gasteiger partial charge in [-0.05, 0) is 53.3 Å². The van der Waals surface area contributed by atoms with E-state index in [-0.39, 0.29) is 11.6 Å². The highest BCUT2D eigenvalue weighted by atomic mass is 19.1. The number of benzene rings is 3. The molecule has 0 aromatic heterocycles. The Kier molecular flexibility index (Phi) is 6.17. The molecule has 26 heavy (non-hydrogen) atoms. The van der Waals surface area contributed by atoms with Gasteiger partial charge in [0.15, 0.2) is 0 Å². The second-order valence-electron chi connectivity index (χ2n) is 6.71. The summed E-state index contributed by atoms with van der Waals surface area (Å²) in [5.41, 5.74) is 4.32. The zero-order chi connectivity index (χ0) is 18.4. The van der Waals surface area contributed by atoms with Gasteiger partial charge in [-0.1, -0.05) is 74.7 Å². The molecular formula is C24H24F2. The third-order valence-electron chi connectivity index (χ3n) is 4.73. The van der Waals surface area contributed by atoms with E-state index in [2.05, 4.69) is 19.1 Å². The van der Waals surface area contributed by atoms with Gasteiger partial charge in [0.2, 0.25) is 0 Å². The zero-order valence-corrected chi connectivity index (χ0v) is 15.1. The highest BCUT2D eigenvalue weighted by Crippen LogP contribution is 2.28. The molecule has 0 saturated carbocycles. The Hall–Kier alpha value is -2.48. The van der Waals surface area contributed by atoms with Gasteiger partial charge in [-0.15, -0.1) is 0 Å². The standard InChI is InChI=1S/C24H24F2/c1-2-3-4-5-6-18-7-9-20(10-8-18)23-16-13-21(17-24(23)26)19-11-14-22(25)15-12-19/h7-17H,2-6H2,1H3. The van der Waals surface area contributed by atoms with Crippen LogP contribution in [-0.4, -0.2) is 0 Å². The summed E-state index contributed by atoms with van der Waals surface area (Å²) in [6.07, 6.45) is 6.06. The average Bonchev–Trinajstić information content (AvgIpc) is 2.66. The van der Waals surface area contributed by atoms with Crippen LogP contribution in [-0.2, 0) is 6.42 Å². The molecule has 0 heterocycles. The summed E-state index contributed by atoms with van der Waals surface area (Å²) < 4.78 is 27.7. The van der Waals surface area contributed by atoms with Crippen LogP contribution in [0.25, 0.3) is 22.3 Å². The van der Waals surface area contributed by atoms with Crippen LogP contribution in [0.15, 0.2) is 66.7 Å². The Balaban J connectivity index is 1.74. The molecule has 0 nitrogen and oxygen atoms in total. The van der Waals surface area contributed by atoms with Crippen LogP contribution in [0.3, 0.4) is 0 Å². The lowest BCUT2D eigenvalue weighted by molar-refractivity contribution is 0.628. The highest BCUT2D eigenvalue weighted by Gasteiger charge is 2.08. The van der Waals surface area contributed by atoms with Crippen molar-refractivity contribution in [3.8, 4) is 22.3 Å². The molecule has 0 atom stereocenters. The average molecular weight is 350 g/mol. The lowest BCUT2D eigenvalue weighted by Gasteiger charge is -2.08. The summed E-state index contributed by atoms with van der Waals surface area (Å²) in [6.45, 7) is 2.21. The largest absolute Gasteiger partial charge is 0.207 e. The maximum atomic E-state index is 14.6. The molecule has 0 aliphatic rings. The number of aryl methyl sites for hydroxylation is 1. The first-order chi connectivity index (χ1) is 12.7. The van der Waals surface area contributed by atoms with E-state index < -0.39 is 0 Å². The lowest BCUT2D eigenvalue weighted by Crippen LogP contribution is -1.89. The van der Waals surface area contributed by atoms with Crippen molar-refractivity contribution in [3.63, 3.8) is 0 Å². The molecule has 0 aliphatic carbocycles. The van der Waals surface area contributed by atoms with Crippen LogP contribution in [0.5, 0.6) is 0 Å². The second kappa shape index (κ2) is 8.75. The summed E-state index contributed by atoms with van der Waals surface area (Å²) in [5, 5.41) is 0. The van der Waals surface area contributed by atoms with E-state index in [1.807, 2.05) is 18.2 Å². The van der Waals surface area contributed by atoms with E-state index >= 15 is 0 Å². The summed E-state index contributed by atoms with van der Waals surface area (Å²) >= 11 is 0. The van der Waals surface area contributed by atoms with E-state index in [0.717, 1.165) is 23.1 Å². The fourth-order valence-corrected chi connectivity index (χ4v) is 3.18.